The van der Waals surface area contributed by atoms with Crippen LogP contribution in [0.3, 0.4) is 0 Å². The van der Waals surface area contributed by atoms with E-state index in [1.165, 1.54) is 11.3 Å². The van der Waals surface area contributed by atoms with E-state index in [4.69, 9.17) is 11.6 Å². The predicted molar refractivity (Wildman–Crippen MR) is 96.0 cm³/mol. The monoisotopic (exact) mass is 375 g/mol. The molecule has 2 heterocycles. The molecular weight excluding hydrogens is 362 g/mol. The summed E-state index contributed by atoms with van der Waals surface area (Å²) in [7, 11) is 0. The third kappa shape index (κ3) is 3.57. The van der Waals surface area contributed by atoms with Crippen molar-refractivity contribution >= 4 is 28.8 Å². The molecule has 1 amide bonds. The number of carbonyl (C=O) groups excluding carboxylic acids is 1. The van der Waals surface area contributed by atoms with Gasteiger partial charge in [0.2, 0.25) is 5.75 Å². The second-order valence-corrected chi connectivity index (χ2v) is 6.61. The van der Waals surface area contributed by atoms with E-state index >= 15 is 0 Å². The van der Waals surface area contributed by atoms with Gasteiger partial charge in [-0.15, -0.1) is 11.3 Å². The summed E-state index contributed by atoms with van der Waals surface area (Å²) >= 11 is 7.43. The lowest BCUT2D eigenvalue weighted by Gasteiger charge is -2.10. The van der Waals surface area contributed by atoms with E-state index in [0.717, 1.165) is 11.1 Å². The molecular formula is C17H14ClN3O3S. The van der Waals surface area contributed by atoms with Crippen LogP contribution in [0.1, 0.15) is 21.6 Å². The van der Waals surface area contributed by atoms with E-state index in [9.17, 15) is 15.0 Å². The number of benzene rings is 1. The minimum Gasteiger partial charge on any atom is -0.501 e. The fraction of sp³-hybridized carbons (Fsp3) is 0.118. The fourth-order valence-corrected chi connectivity index (χ4v) is 3.07. The largest absolute Gasteiger partial charge is 0.501 e. The number of aromatic hydroxyl groups is 2. The maximum absolute atomic E-state index is 12.4. The van der Waals surface area contributed by atoms with Gasteiger partial charge in [0.05, 0.1) is 4.88 Å². The minimum absolute atomic E-state index is 0.175. The Labute approximate surface area is 152 Å². The number of aromatic nitrogens is 2. The van der Waals surface area contributed by atoms with Crippen molar-refractivity contribution in [2.75, 3.05) is 0 Å². The zero-order valence-corrected chi connectivity index (χ0v) is 14.7. The Morgan fingerprint density at radius 1 is 1.24 bits per heavy atom. The molecule has 25 heavy (non-hydrogen) atoms. The molecule has 0 aliphatic heterocycles. The Hall–Kier alpha value is -2.64. The summed E-state index contributed by atoms with van der Waals surface area (Å²) in [6, 6.07) is 8.96. The van der Waals surface area contributed by atoms with Crippen molar-refractivity contribution in [2.45, 2.75) is 13.5 Å². The molecule has 0 atom stereocenters. The molecule has 0 saturated heterocycles. The number of halogens is 1. The first-order valence-electron chi connectivity index (χ1n) is 7.33. The van der Waals surface area contributed by atoms with Gasteiger partial charge in [0.25, 0.3) is 11.8 Å². The summed E-state index contributed by atoms with van der Waals surface area (Å²) in [6.45, 7) is 2.07. The normalized spacial score (nSPS) is 10.6. The van der Waals surface area contributed by atoms with Crippen molar-refractivity contribution in [2.24, 2.45) is 0 Å². The Bertz CT molecular complexity index is 929. The van der Waals surface area contributed by atoms with Crippen LogP contribution in [0.5, 0.6) is 11.6 Å². The van der Waals surface area contributed by atoms with Gasteiger partial charge in [-0.3, -0.25) is 4.79 Å². The van der Waals surface area contributed by atoms with Gasteiger partial charge in [-0.1, -0.05) is 29.8 Å². The van der Waals surface area contributed by atoms with Crippen LogP contribution < -0.4 is 5.32 Å². The summed E-state index contributed by atoms with van der Waals surface area (Å²) in [4.78, 5) is 21.0. The molecule has 0 bridgehead atoms. The number of amides is 1. The van der Waals surface area contributed by atoms with Crippen molar-refractivity contribution in [3.8, 4) is 22.3 Å². The van der Waals surface area contributed by atoms with Crippen LogP contribution >= 0.6 is 22.9 Å². The average molecular weight is 376 g/mol. The minimum atomic E-state index is -0.652. The number of rotatable bonds is 4. The third-order valence-electron chi connectivity index (χ3n) is 3.64. The van der Waals surface area contributed by atoms with Crippen LogP contribution in [0.4, 0.5) is 0 Å². The summed E-state index contributed by atoms with van der Waals surface area (Å²) in [5.74, 6) is -1.73. The van der Waals surface area contributed by atoms with Crippen molar-refractivity contribution < 1.29 is 15.0 Å². The van der Waals surface area contributed by atoms with Crippen molar-refractivity contribution in [1.29, 1.82) is 0 Å². The number of nitrogens with zero attached hydrogens (tertiary/aromatic N) is 2. The van der Waals surface area contributed by atoms with Gasteiger partial charge in [-0.2, -0.15) is 4.98 Å². The van der Waals surface area contributed by atoms with E-state index in [1.807, 2.05) is 18.4 Å². The number of thiophene rings is 1. The Morgan fingerprint density at radius 2 is 2.04 bits per heavy atom. The maximum atomic E-state index is 12.4. The standard InChI is InChI=1S/C17H14ClN3O3S/c1-9-10(4-2-5-11(9)18)8-19-16(23)13-14(22)17(24)21-15(20-13)12-6-3-7-25-12/h2-7,22H,8H2,1H3,(H,19,23)(H,20,21,24). The van der Waals surface area contributed by atoms with E-state index in [2.05, 4.69) is 15.3 Å². The first kappa shape index (κ1) is 17.2. The van der Waals surface area contributed by atoms with E-state index in [0.29, 0.717) is 9.90 Å². The molecule has 128 valence electrons. The highest BCUT2D eigenvalue weighted by atomic mass is 35.5. The lowest BCUT2D eigenvalue weighted by atomic mass is 10.1. The summed E-state index contributed by atoms with van der Waals surface area (Å²) in [5, 5.41) is 24.8. The van der Waals surface area contributed by atoms with Crippen LogP contribution in [0.15, 0.2) is 35.7 Å². The molecule has 0 unspecified atom stereocenters. The fourth-order valence-electron chi connectivity index (χ4n) is 2.22. The van der Waals surface area contributed by atoms with Crippen molar-refractivity contribution in [3.05, 3.63) is 57.6 Å². The molecule has 0 radical (unpaired) electrons. The number of hydrogen-bond donors (Lipinski definition) is 3. The summed E-state index contributed by atoms with van der Waals surface area (Å²) in [6.07, 6.45) is 0. The van der Waals surface area contributed by atoms with Gasteiger partial charge in [0.15, 0.2) is 11.5 Å². The van der Waals surface area contributed by atoms with Gasteiger partial charge in [-0.25, -0.2) is 4.98 Å². The SMILES string of the molecule is Cc1c(Cl)cccc1CNC(=O)c1nc(-c2cccs2)nc(O)c1O. The van der Waals surface area contributed by atoms with E-state index in [1.54, 1.807) is 24.3 Å². The second-order valence-electron chi connectivity index (χ2n) is 5.25. The lowest BCUT2D eigenvalue weighted by Crippen LogP contribution is -2.24. The van der Waals surface area contributed by atoms with Crippen LogP contribution in [-0.2, 0) is 6.54 Å². The van der Waals surface area contributed by atoms with Gasteiger partial charge >= 0.3 is 0 Å². The molecule has 1 aromatic carbocycles. The molecule has 3 rings (SSSR count). The highest BCUT2D eigenvalue weighted by Gasteiger charge is 2.20. The Kier molecular flexibility index (Phi) is 4.87. The van der Waals surface area contributed by atoms with Crippen LogP contribution in [0.2, 0.25) is 5.02 Å². The summed E-state index contributed by atoms with van der Waals surface area (Å²) < 4.78 is 0. The van der Waals surface area contributed by atoms with Crippen LogP contribution in [0, 0.1) is 6.92 Å². The van der Waals surface area contributed by atoms with Crippen LogP contribution in [0.25, 0.3) is 10.7 Å². The second kappa shape index (κ2) is 7.08. The van der Waals surface area contributed by atoms with E-state index in [-0.39, 0.29) is 18.1 Å². The van der Waals surface area contributed by atoms with E-state index < -0.39 is 17.5 Å². The molecule has 0 aliphatic carbocycles. The lowest BCUT2D eigenvalue weighted by molar-refractivity contribution is 0.0942. The highest BCUT2D eigenvalue weighted by molar-refractivity contribution is 7.13. The van der Waals surface area contributed by atoms with Crippen molar-refractivity contribution in [1.82, 2.24) is 15.3 Å². The van der Waals surface area contributed by atoms with Gasteiger partial charge < -0.3 is 15.5 Å². The van der Waals surface area contributed by atoms with Gasteiger partial charge in [-0.05, 0) is 35.6 Å². The van der Waals surface area contributed by atoms with Gasteiger partial charge in [0.1, 0.15) is 0 Å². The molecule has 3 N–H and O–H groups in total. The smallest absolute Gasteiger partial charge is 0.274 e. The molecule has 3 aromatic rings. The Morgan fingerprint density at radius 3 is 2.76 bits per heavy atom. The predicted octanol–water partition coefficient (Wildman–Crippen LogP) is 3.51. The average Bonchev–Trinajstić information content (AvgIpc) is 3.13. The summed E-state index contributed by atoms with van der Waals surface area (Å²) in [5.41, 5.74) is 1.42. The molecule has 0 fully saturated rings. The molecule has 8 heteroatoms. The zero-order valence-electron chi connectivity index (χ0n) is 13.2. The van der Waals surface area contributed by atoms with Crippen LogP contribution in [-0.4, -0.2) is 26.1 Å². The molecule has 0 saturated carbocycles. The zero-order chi connectivity index (χ0) is 18.0. The molecule has 0 spiro atoms. The topological polar surface area (TPSA) is 95.3 Å². The molecule has 6 nitrogen and oxygen atoms in total. The Balaban J connectivity index is 1.85. The first-order valence-corrected chi connectivity index (χ1v) is 8.59. The number of hydrogen-bond acceptors (Lipinski definition) is 6. The highest BCUT2D eigenvalue weighted by Crippen LogP contribution is 2.30. The van der Waals surface area contributed by atoms with Crippen molar-refractivity contribution in [3.63, 3.8) is 0 Å². The third-order valence-corrected chi connectivity index (χ3v) is 4.92. The quantitative estimate of drug-likeness (QED) is 0.648. The maximum Gasteiger partial charge on any atom is 0.274 e. The molecule has 2 aromatic heterocycles. The molecule has 0 aliphatic rings. The first-order chi connectivity index (χ1) is 12.0. The van der Waals surface area contributed by atoms with Gasteiger partial charge in [0, 0.05) is 11.6 Å². The number of carbonyl (C=O) groups is 1. The number of nitrogens with one attached hydrogen (secondary N) is 1.